The highest BCUT2D eigenvalue weighted by molar-refractivity contribution is 4.91. The van der Waals surface area contributed by atoms with Gasteiger partial charge in [-0.05, 0) is 26.3 Å². The van der Waals surface area contributed by atoms with E-state index in [0.717, 1.165) is 13.0 Å². The fourth-order valence-corrected chi connectivity index (χ4v) is 1.09. The Morgan fingerprint density at radius 2 is 2.33 bits per heavy atom. The fourth-order valence-electron chi connectivity index (χ4n) is 1.09. The molecular weight excluding hydrogens is 114 g/mol. The summed E-state index contributed by atoms with van der Waals surface area (Å²) < 4.78 is 4.97. The van der Waals surface area contributed by atoms with Crippen molar-refractivity contribution >= 4 is 0 Å². The summed E-state index contributed by atoms with van der Waals surface area (Å²) in [6.45, 7) is 4.30. The second kappa shape index (κ2) is 2.67. The van der Waals surface area contributed by atoms with Crippen LogP contribution in [0.2, 0.25) is 0 Å². The van der Waals surface area contributed by atoms with E-state index in [0.29, 0.717) is 5.54 Å². The summed E-state index contributed by atoms with van der Waals surface area (Å²) in [5.41, 5.74) is 0.399. The van der Waals surface area contributed by atoms with Crippen molar-refractivity contribution in [3.63, 3.8) is 0 Å². The molecule has 1 atom stereocenters. The summed E-state index contributed by atoms with van der Waals surface area (Å²) in [5, 5.41) is 3.38. The highest BCUT2D eigenvalue weighted by Gasteiger charge is 2.29. The summed E-state index contributed by atoms with van der Waals surface area (Å²) in [6, 6.07) is 0. The van der Waals surface area contributed by atoms with Crippen LogP contribution in [-0.4, -0.2) is 25.8 Å². The molecule has 1 heterocycles. The van der Waals surface area contributed by atoms with E-state index in [-0.39, 0.29) is 0 Å². The largest absolute Gasteiger partial charge is 0.385 e. The first-order valence-corrected chi connectivity index (χ1v) is 3.51. The molecule has 1 unspecified atom stereocenters. The van der Waals surface area contributed by atoms with Crippen LogP contribution in [0.4, 0.5) is 0 Å². The molecule has 0 saturated carbocycles. The van der Waals surface area contributed by atoms with Crippen LogP contribution in [-0.2, 0) is 4.74 Å². The summed E-state index contributed by atoms with van der Waals surface area (Å²) in [7, 11) is 1.75. The Kier molecular flexibility index (Phi) is 2.09. The molecule has 0 amide bonds. The van der Waals surface area contributed by atoms with Crippen LogP contribution >= 0.6 is 0 Å². The number of methoxy groups -OCH3 is 1. The van der Waals surface area contributed by atoms with Crippen LogP contribution in [0, 0.1) is 0 Å². The van der Waals surface area contributed by atoms with Crippen LogP contribution in [0.1, 0.15) is 19.8 Å². The Morgan fingerprint density at radius 1 is 1.67 bits per heavy atom. The number of hydrogen-bond acceptors (Lipinski definition) is 2. The fraction of sp³-hybridized carbons (Fsp3) is 1.00. The first-order valence-electron chi connectivity index (χ1n) is 3.51. The Hall–Kier alpha value is -0.0800. The lowest BCUT2D eigenvalue weighted by molar-refractivity contribution is 0.127. The number of hydrogen-bond donors (Lipinski definition) is 1. The van der Waals surface area contributed by atoms with Crippen molar-refractivity contribution in [2.75, 3.05) is 20.3 Å². The summed E-state index contributed by atoms with van der Waals surface area (Å²) in [4.78, 5) is 0. The minimum atomic E-state index is 0.399. The smallest absolute Gasteiger partial charge is 0.0479 e. The van der Waals surface area contributed by atoms with Gasteiger partial charge in [-0.25, -0.2) is 0 Å². The summed E-state index contributed by atoms with van der Waals surface area (Å²) >= 11 is 0. The quantitative estimate of drug-likeness (QED) is 0.608. The normalized spacial score (nSPS) is 34.0. The van der Waals surface area contributed by atoms with Gasteiger partial charge >= 0.3 is 0 Å². The van der Waals surface area contributed by atoms with Crippen molar-refractivity contribution < 1.29 is 4.74 Å². The SMILES string of the molecule is COCCC1(C)CCN1. The van der Waals surface area contributed by atoms with Gasteiger partial charge in [-0.1, -0.05) is 0 Å². The third kappa shape index (κ3) is 1.66. The van der Waals surface area contributed by atoms with Crippen molar-refractivity contribution in [2.24, 2.45) is 0 Å². The van der Waals surface area contributed by atoms with Crippen LogP contribution in [0.5, 0.6) is 0 Å². The first-order chi connectivity index (χ1) is 4.27. The van der Waals surface area contributed by atoms with Gasteiger partial charge in [-0.3, -0.25) is 0 Å². The minimum absolute atomic E-state index is 0.399. The van der Waals surface area contributed by atoms with Gasteiger partial charge in [0.25, 0.3) is 0 Å². The van der Waals surface area contributed by atoms with Gasteiger partial charge < -0.3 is 10.1 Å². The molecule has 0 aliphatic carbocycles. The van der Waals surface area contributed by atoms with Gasteiger partial charge in [-0.15, -0.1) is 0 Å². The van der Waals surface area contributed by atoms with Crippen molar-refractivity contribution in [3.05, 3.63) is 0 Å². The van der Waals surface area contributed by atoms with Crippen molar-refractivity contribution in [1.82, 2.24) is 5.32 Å². The van der Waals surface area contributed by atoms with E-state index < -0.39 is 0 Å². The van der Waals surface area contributed by atoms with Crippen molar-refractivity contribution in [1.29, 1.82) is 0 Å². The molecule has 9 heavy (non-hydrogen) atoms. The van der Waals surface area contributed by atoms with Crippen molar-refractivity contribution in [2.45, 2.75) is 25.3 Å². The highest BCUT2D eigenvalue weighted by atomic mass is 16.5. The average Bonchev–Trinajstić information content (AvgIpc) is 1.79. The van der Waals surface area contributed by atoms with Crippen LogP contribution in [0.25, 0.3) is 0 Å². The van der Waals surface area contributed by atoms with E-state index in [4.69, 9.17) is 4.74 Å². The molecule has 0 radical (unpaired) electrons. The molecule has 0 spiro atoms. The summed E-state index contributed by atoms with van der Waals surface area (Å²) in [6.07, 6.45) is 2.44. The van der Waals surface area contributed by atoms with Gasteiger partial charge in [0.05, 0.1) is 0 Å². The zero-order chi connectivity index (χ0) is 6.74. The van der Waals surface area contributed by atoms with Gasteiger partial charge in [0.15, 0.2) is 0 Å². The Balaban J connectivity index is 2.09. The highest BCUT2D eigenvalue weighted by Crippen LogP contribution is 2.21. The number of rotatable bonds is 3. The molecule has 0 aromatic carbocycles. The van der Waals surface area contributed by atoms with Crippen LogP contribution in [0.15, 0.2) is 0 Å². The van der Waals surface area contributed by atoms with E-state index in [1.807, 2.05) is 0 Å². The monoisotopic (exact) mass is 129 g/mol. The molecule has 1 fully saturated rings. The second-order valence-electron chi connectivity index (χ2n) is 2.98. The minimum Gasteiger partial charge on any atom is -0.385 e. The molecule has 1 rings (SSSR count). The van der Waals surface area contributed by atoms with Gasteiger partial charge in [-0.2, -0.15) is 0 Å². The zero-order valence-electron chi connectivity index (χ0n) is 6.24. The predicted octanol–water partition coefficient (Wildman–Crippen LogP) is 0.775. The molecule has 0 bridgehead atoms. The molecule has 1 aliphatic rings. The Morgan fingerprint density at radius 3 is 2.67 bits per heavy atom. The second-order valence-corrected chi connectivity index (χ2v) is 2.98. The lowest BCUT2D eigenvalue weighted by Crippen LogP contribution is -2.54. The first kappa shape index (κ1) is 7.03. The lowest BCUT2D eigenvalue weighted by atomic mass is 9.87. The molecule has 2 nitrogen and oxygen atoms in total. The van der Waals surface area contributed by atoms with E-state index in [9.17, 15) is 0 Å². The van der Waals surface area contributed by atoms with Gasteiger partial charge in [0.1, 0.15) is 0 Å². The molecule has 54 valence electrons. The van der Waals surface area contributed by atoms with Crippen LogP contribution < -0.4 is 5.32 Å². The van der Waals surface area contributed by atoms with E-state index in [2.05, 4.69) is 12.2 Å². The third-order valence-corrected chi connectivity index (χ3v) is 2.09. The predicted molar refractivity (Wildman–Crippen MR) is 37.5 cm³/mol. The van der Waals surface area contributed by atoms with Gasteiger partial charge in [0, 0.05) is 19.3 Å². The van der Waals surface area contributed by atoms with E-state index >= 15 is 0 Å². The standard InChI is InChI=1S/C7H15NO/c1-7(3-5-8-7)4-6-9-2/h8H,3-6H2,1-2H3. The van der Waals surface area contributed by atoms with E-state index in [1.165, 1.54) is 13.0 Å². The zero-order valence-corrected chi connectivity index (χ0v) is 6.24. The van der Waals surface area contributed by atoms with Gasteiger partial charge in [0.2, 0.25) is 0 Å². The average molecular weight is 129 g/mol. The maximum absolute atomic E-state index is 4.97. The topological polar surface area (TPSA) is 21.3 Å². The Bertz CT molecular complexity index is 88.9. The molecular formula is C7H15NO. The third-order valence-electron chi connectivity index (χ3n) is 2.09. The molecule has 0 aromatic rings. The molecule has 2 heteroatoms. The maximum atomic E-state index is 4.97. The number of ether oxygens (including phenoxy) is 1. The molecule has 1 saturated heterocycles. The lowest BCUT2D eigenvalue weighted by Gasteiger charge is -2.39. The maximum Gasteiger partial charge on any atom is 0.0479 e. The molecule has 0 aromatic heterocycles. The number of nitrogens with one attached hydrogen (secondary N) is 1. The summed E-state index contributed by atoms with van der Waals surface area (Å²) in [5.74, 6) is 0. The molecule has 1 N–H and O–H groups in total. The molecule has 1 aliphatic heterocycles. The van der Waals surface area contributed by atoms with E-state index in [1.54, 1.807) is 7.11 Å². The van der Waals surface area contributed by atoms with Crippen LogP contribution in [0.3, 0.4) is 0 Å². The Labute approximate surface area is 56.6 Å². The van der Waals surface area contributed by atoms with Crippen molar-refractivity contribution in [3.8, 4) is 0 Å².